The lowest BCUT2D eigenvalue weighted by Gasteiger charge is -2.07. The number of amides is 1. The molecular formula is C20H16FN5O3. The molecule has 0 fully saturated rings. The second-order valence-corrected chi connectivity index (χ2v) is 6.29. The Morgan fingerprint density at radius 2 is 1.93 bits per heavy atom. The number of hydrogen-bond acceptors (Lipinski definition) is 5. The number of hydrogen-bond donors (Lipinski definition) is 1. The van der Waals surface area contributed by atoms with Gasteiger partial charge in [0.25, 0.3) is 5.88 Å². The molecule has 0 saturated heterocycles. The van der Waals surface area contributed by atoms with Crippen LogP contribution in [0.4, 0.5) is 10.1 Å². The van der Waals surface area contributed by atoms with Gasteiger partial charge in [-0.3, -0.25) is 4.79 Å². The van der Waals surface area contributed by atoms with E-state index in [0.29, 0.717) is 11.4 Å². The number of fused-ring (bicyclic) bond motifs is 1. The SMILES string of the molecule is Cc1ccccc1Oc1nccn2c(=O)n(CC(=O)Nc3ccc(F)cc3)nc12. The molecule has 0 aliphatic rings. The predicted octanol–water partition coefficient (Wildman–Crippen LogP) is 2.77. The van der Waals surface area contributed by atoms with Gasteiger partial charge in [-0.05, 0) is 42.8 Å². The molecule has 0 spiro atoms. The van der Waals surface area contributed by atoms with Crippen LogP contribution in [-0.2, 0) is 11.3 Å². The van der Waals surface area contributed by atoms with Gasteiger partial charge in [0.2, 0.25) is 11.6 Å². The van der Waals surface area contributed by atoms with Gasteiger partial charge in [-0.25, -0.2) is 23.3 Å². The lowest BCUT2D eigenvalue weighted by molar-refractivity contribution is -0.117. The highest BCUT2D eigenvalue weighted by molar-refractivity contribution is 5.90. The first-order valence-electron chi connectivity index (χ1n) is 8.74. The number of benzene rings is 2. The van der Waals surface area contributed by atoms with Gasteiger partial charge in [0, 0.05) is 18.1 Å². The highest BCUT2D eigenvalue weighted by Gasteiger charge is 2.16. The normalized spacial score (nSPS) is 10.8. The molecule has 4 aromatic rings. The Labute approximate surface area is 164 Å². The average molecular weight is 393 g/mol. The third-order valence-electron chi connectivity index (χ3n) is 4.19. The minimum absolute atomic E-state index is 0.150. The Morgan fingerprint density at radius 3 is 2.69 bits per heavy atom. The molecule has 2 heterocycles. The maximum absolute atomic E-state index is 13.0. The molecule has 4 rings (SSSR count). The van der Waals surface area contributed by atoms with Crippen LogP contribution in [0.15, 0.2) is 65.7 Å². The fraction of sp³-hybridized carbons (Fsp3) is 0.100. The molecule has 2 aromatic carbocycles. The molecule has 0 bridgehead atoms. The zero-order valence-corrected chi connectivity index (χ0v) is 15.4. The average Bonchev–Trinajstić information content (AvgIpc) is 3.02. The summed E-state index contributed by atoms with van der Waals surface area (Å²) in [5, 5.41) is 6.78. The van der Waals surface area contributed by atoms with Gasteiger partial charge in [-0.1, -0.05) is 18.2 Å². The van der Waals surface area contributed by atoms with Gasteiger partial charge in [0.05, 0.1) is 0 Å². The van der Waals surface area contributed by atoms with E-state index in [1.54, 1.807) is 6.07 Å². The number of aryl methyl sites for hydroxylation is 1. The first kappa shape index (κ1) is 18.4. The maximum atomic E-state index is 13.0. The fourth-order valence-electron chi connectivity index (χ4n) is 2.75. The van der Waals surface area contributed by atoms with Crippen LogP contribution in [-0.4, -0.2) is 25.1 Å². The molecule has 146 valence electrons. The van der Waals surface area contributed by atoms with Crippen molar-refractivity contribution in [1.82, 2.24) is 19.2 Å². The van der Waals surface area contributed by atoms with Crippen LogP contribution in [0.1, 0.15) is 5.56 Å². The molecule has 29 heavy (non-hydrogen) atoms. The van der Waals surface area contributed by atoms with Crippen molar-refractivity contribution in [2.24, 2.45) is 0 Å². The summed E-state index contributed by atoms with van der Waals surface area (Å²) < 4.78 is 21.1. The number of ether oxygens (including phenoxy) is 1. The summed E-state index contributed by atoms with van der Waals surface area (Å²) in [7, 11) is 0. The van der Waals surface area contributed by atoms with E-state index >= 15 is 0 Å². The van der Waals surface area contributed by atoms with Crippen LogP contribution in [0.3, 0.4) is 0 Å². The molecule has 0 aliphatic carbocycles. The number of carbonyl (C=O) groups excluding carboxylic acids is 1. The number of carbonyl (C=O) groups is 1. The number of halogens is 1. The third-order valence-corrected chi connectivity index (χ3v) is 4.19. The van der Waals surface area contributed by atoms with Crippen molar-refractivity contribution in [2.75, 3.05) is 5.32 Å². The molecular weight excluding hydrogens is 377 g/mol. The summed E-state index contributed by atoms with van der Waals surface area (Å²) in [6, 6.07) is 12.7. The minimum Gasteiger partial charge on any atom is -0.436 e. The van der Waals surface area contributed by atoms with Crippen LogP contribution in [0.25, 0.3) is 5.65 Å². The Hall–Kier alpha value is -4.01. The van der Waals surface area contributed by atoms with Crippen molar-refractivity contribution in [2.45, 2.75) is 13.5 Å². The minimum atomic E-state index is -0.508. The van der Waals surface area contributed by atoms with Gasteiger partial charge in [-0.15, -0.1) is 5.10 Å². The van der Waals surface area contributed by atoms with Gasteiger partial charge < -0.3 is 10.1 Å². The summed E-state index contributed by atoms with van der Waals surface area (Å²) in [4.78, 5) is 29.0. The number of aromatic nitrogens is 4. The second kappa shape index (κ2) is 7.55. The van der Waals surface area contributed by atoms with Crippen LogP contribution >= 0.6 is 0 Å². The Morgan fingerprint density at radius 1 is 1.17 bits per heavy atom. The first-order chi connectivity index (χ1) is 14.0. The highest BCUT2D eigenvalue weighted by atomic mass is 19.1. The van der Waals surface area contributed by atoms with E-state index in [1.165, 1.54) is 41.1 Å². The largest absolute Gasteiger partial charge is 0.436 e. The van der Waals surface area contributed by atoms with Crippen molar-refractivity contribution in [3.63, 3.8) is 0 Å². The van der Waals surface area contributed by atoms with Crippen LogP contribution in [0, 0.1) is 12.7 Å². The summed E-state index contributed by atoms with van der Waals surface area (Å²) in [5.41, 5.74) is 0.997. The summed E-state index contributed by atoms with van der Waals surface area (Å²) in [6.45, 7) is 1.57. The Balaban J connectivity index is 1.60. The fourth-order valence-corrected chi connectivity index (χ4v) is 2.75. The number of rotatable bonds is 5. The molecule has 0 saturated carbocycles. The summed E-state index contributed by atoms with van der Waals surface area (Å²) >= 11 is 0. The second-order valence-electron chi connectivity index (χ2n) is 6.29. The molecule has 0 unspecified atom stereocenters. The predicted molar refractivity (Wildman–Crippen MR) is 104 cm³/mol. The number of nitrogens with zero attached hydrogens (tertiary/aromatic N) is 4. The van der Waals surface area contributed by atoms with E-state index in [1.807, 2.05) is 25.1 Å². The van der Waals surface area contributed by atoms with E-state index in [4.69, 9.17) is 4.74 Å². The van der Waals surface area contributed by atoms with Crippen molar-refractivity contribution in [3.05, 3.63) is 82.8 Å². The van der Waals surface area contributed by atoms with E-state index in [-0.39, 0.29) is 18.1 Å². The maximum Gasteiger partial charge on any atom is 0.351 e. The monoisotopic (exact) mass is 393 g/mol. The van der Waals surface area contributed by atoms with Crippen molar-refractivity contribution >= 4 is 17.2 Å². The lowest BCUT2D eigenvalue weighted by atomic mass is 10.2. The summed E-state index contributed by atoms with van der Waals surface area (Å²) in [6.07, 6.45) is 2.87. The van der Waals surface area contributed by atoms with Crippen LogP contribution in [0.5, 0.6) is 11.6 Å². The third kappa shape index (κ3) is 3.84. The van der Waals surface area contributed by atoms with Crippen LogP contribution in [0.2, 0.25) is 0 Å². The summed E-state index contributed by atoms with van der Waals surface area (Å²) in [5.74, 6) is -0.148. The lowest BCUT2D eigenvalue weighted by Crippen LogP contribution is -2.28. The van der Waals surface area contributed by atoms with Gasteiger partial charge in [-0.2, -0.15) is 0 Å². The number of anilines is 1. The smallest absolute Gasteiger partial charge is 0.351 e. The molecule has 2 aromatic heterocycles. The molecule has 9 heteroatoms. The van der Waals surface area contributed by atoms with Crippen molar-refractivity contribution in [1.29, 1.82) is 0 Å². The van der Waals surface area contributed by atoms with E-state index in [9.17, 15) is 14.0 Å². The first-order valence-corrected chi connectivity index (χ1v) is 8.74. The molecule has 1 amide bonds. The Bertz CT molecular complexity index is 1250. The molecule has 1 N–H and O–H groups in total. The number of para-hydroxylation sites is 1. The number of nitrogens with one attached hydrogen (secondary N) is 1. The van der Waals surface area contributed by atoms with Crippen molar-refractivity contribution < 1.29 is 13.9 Å². The zero-order chi connectivity index (χ0) is 20.4. The molecule has 0 radical (unpaired) electrons. The van der Waals surface area contributed by atoms with E-state index in [2.05, 4.69) is 15.4 Å². The quantitative estimate of drug-likeness (QED) is 0.563. The van der Waals surface area contributed by atoms with Crippen LogP contribution < -0.4 is 15.7 Å². The standard InChI is InChI=1S/C20H16FN5O3/c1-13-4-2-3-5-16(13)29-19-18-24-26(20(28)25(18)11-10-22-19)12-17(27)23-15-8-6-14(21)7-9-15/h2-11H,12H2,1H3,(H,23,27). The molecule has 0 atom stereocenters. The van der Waals surface area contributed by atoms with Gasteiger partial charge in [0.1, 0.15) is 18.1 Å². The molecule has 8 nitrogen and oxygen atoms in total. The Kier molecular flexibility index (Phi) is 4.78. The van der Waals surface area contributed by atoms with Crippen molar-refractivity contribution in [3.8, 4) is 11.6 Å². The van der Waals surface area contributed by atoms with E-state index in [0.717, 1.165) is 10.2 Å². The topological polar surface area (TPSA) is 90.5 Å². The van der Waals surface area contributed by atoms with Gasteiger partial charge >= 0.3 is 5.69 Å². The van der Waals surface area contributed by atoms with E-state index < -0.39 is 17.4 Å². The zero-order valence-electron chi connectivity index (χ0n) is 15.4. The van der Waals surface area contributed by atoms with Gasteiger partial charge in [0.15, 0.2) is 0 Å². The molecule has 0 aliphatic heterocycles. The highest BCUT2D eigenvalue weighted by Crippen LogP contribution is 2.24.